The van der Waals surface area contributed by atoms with Gasteiger partial charge >= 0.3 is 12.0 Å². The number of carbonyl (C=O) groups is 3. The first kappa shape index (κ1) is 17.8. The summed E-state index contributed by atoms with van der Waals surface area (Å²) < 4.78 is 0. The first-order chi connectivity index (χ1) is 11.4. The molecular formula is C17H23N3O4. The van der Waals surface area contributed by atoms with E-state index in [4.69, 9.17) is 5.11 Å². The molecule has 2 atom stereocenters. The Morgan fingerprint density at radius 1 is 1.33 bits per heavy atom. The fraction of sp³-hybridized carbons (Fsp3) is 0.471. The molecule has 1 saturated heterocycles. The van der Waals surface area contributed by atoms with Gasteiger partial charge in [-0.1, -0.05) is 30.3 Å². The van der Waals surface area contributed by atoms with Gasteiger partial charge in [-0.25, -0.2) is 4.79 Å². The van der Waals surface area contributed by atoms with Gasteiger partial charge < -0.3 is 20.6 Å². The highest BCUT2D eigenvalue weighted by molar-refractivity contribution is 5.81. The van der Waals surface area contributed by atoms with Gasteiger partial charge in [0, 0.05) is 32.5 Å². The molecule has 1 aromatic rings. The molecule has 7 heteroatoms. The number of hydrogen-bond donors (Lipinski definition) is 3. The summed E-state index contributed by atoms with van der Waals surface area (Å²) in [5, 5.41) is 14.5. The molecule has 1 aliphatic heterocycles. The van der Waals surface area contributed by atoms with Crippen molar-refractivity contribution in [2.45, 2.75) is 37.8 Å². The molecule has 0 saturated carbocycles. The van der Waals surface area contributed by atoms with Gasteiger partial charge in [0.1, 0.15) is 0 Å². The standard InChI is InChI=1S/C17H23N3O4/c1-20-11-14(10-15(20)21)19-17(24)18-13(7-8-16(22)23)9-12-5-3-2-4-6-12/h2-6,13-14H,7-11H2,1H3,(H,22,23)(H2,18,19,24). The summed E-state index contributed by atoms with van der Waals surface area (Å²) in [5.74, 6) is -0.884. The molecule has 2 rings (SSSR count). The van der Waals surface area contributed by atoms with E-state index in [-0.39, 0.29) is 30.4 Å². The Bertz CT molecular complexity index is 591. The number of carboxylic acids is 1. The molecule has 1 aliphatic rings. The summed E-state index contributed by atoms with van der Waals surface area (Å²) in [6.45, 7) is 0.491. The van der Waals surface area contributed by atoms with E-state index in [1.165, 1.54) is 0 Å². The number of rotatable bonds is 7. The summed E-state index contributed by atoms with van der Waals surface area (Å²) >= 11 is 0. The molecule has 0 bridgehead atoms. The molecule has 3 N–H and O–H groups in total. The van der Waals surface area contributed by atoms with E-state index >= 15 is 0 Å². The van der Waals surface area contributed by atoms with Crippen molar-refractivity contribution >= 4 is 17.9 Å². The summed E-state index contributed by atoms with van der Waals surface area (Å²) in [6, 6.07) is 8.75. The van der Waals surface area contributed by atoms with Crippen LogP contribution < -0.4 is 10.6 Å². The Labute approximate surface area is 141 Å². The summed E-state index contributed by atoms with van der Waals surface area (Å²) in [5.41, 5.74) is 1.03. The number of likely N-dealkylation sites (tertiary alicyclic amines) is 1. The van der Waals surface area contributed by atoms with Gasteiger partial charge in [-0.3, -0.25) is 9.59 Å². The minimum atomic E-state index is -0.890. The third kappa shape index (κ3) is 5.57. The quantitative estimate of drug-likeness (QED) is 0.693. The largest absolute Gasteiger partial charge is 0.481 e. The lowest BCUT2D eigenvalue weighted by Crippen LogP contribution is -2.47. The van der Waals surface area contributed by atoms with Gasteiger partial charge in [0.2, 0.25) is 5.91 Å². The van der Waals surface area contributed by atoms with Crippen LogP contribution in [-0.2, 0) is 16.0 Å². The molecule has 24 heavy (non-hydrogen) atoms. The second-order valence-corrected chi connectivity index (χ2v) is 6.11. The van der Waals surface area contributed by atoms with Crippen molar-refractivity contribution in [2.75, 3.05) is 13.6 Å². The lowest BCUT2D eigenvalue weighted by Gasteiger charge is -2.20. The van der Waals surface area contributed by atoms with Crippen molar-refractivity contribution in [1.29, 1.82) is 0 Å². The Hall–Kier alpha value is -2.57. The fourth-order valence-electron chi connectivity index (χ4n) is 2.79. The zero-order chi connectivity index (χ0) is 17.5. The third-order valence-electron chi connectivity index (χ3n) is 4.04. The van der Waals surface area contributed by atoms with Crippen LogP contribution in [0.5, 0.6) is 0 Å². The molecule has 3 amide bonds. The van der Waals surface area contributed by atoms with Crippen molar-refractivity contribution in [3.8, 4) is 0 Å². The van der Waals surface area contributed by atoms with Gasteiger partial charge in [0.25, 0.3) is 0 Å². The van der Waals surface area contributed by atoms with Crippen molar-refractivity contribution in [3.63, 3.8) is 0 Å². The maximum Gasteiger partial charge on any atom is 0.315 e. The zero-order valence-electron chi connectivity index (χ0n) is 13.7. The number of amides is 3. The maximum atomic E-state index is 12.2. The zero-order valence-corrected chi connectivity index (χ0v) is 13.7. The molecule has 7 nitrogen and oxygen atoms in total. The van der Waals surface area contributed by atoms with Crippen LogP contribution in [0, 0.1) is 0 Å². The molecule has 1 fully saturated rings. The van der Waals surface area contributed by atoms with E-state index in [0.29, 0.717) is 25.8 Å². The highest BCUT2D eigenvalue weighted by Gasteiger charge is 2.28. The fourth-order valence-corrected chi connectivity index (χ4v) is 2.79. The minimum Gasteiger partial charge on any atom is -0.481 e. The van der Waals surface area contributed by atoms with Crippen LogP contribution in [0.25, 0.3) is 0 Å². The molecule has 2 unspecified atom stereocenters. The first-order valence-electron chi connectivity index (χ1n) is 8.00. The number of likely N-dealkylation sites (N-methyl/N-ethyl adjacent to an activating group) is 1. The lowest BCUT2D eigenvalue weighted by molar-refractivity contribution is -0.137. The molecule has 0 aliphatic carbocycles. The van der Waals surface area contributed by atoms with Crippen LogP contribution in [0.1, 0.15) is 24.8 Å². The molecule has 130 valence electrons. The smallest absolute Gasteiger partial charge is 0.315 e. The minimum absolute atomic E-state index is 0.00649. The summed E-state index contributed by atoms with van der Waals surface area (Å²) in [4.78, 5) is 36.1. The summed E-state index contributed by atoms with van der Waals surface area (Å²) in [7, 11) is 1.70. The number of nitrogens with one attached hydrogen (secondary N) is 2. The molecule has 0 aromatic heterocycles. The number of benzene rings is 1. The van der Waals surface area contributed by atoms with Gasteiger partial charge in [-0.15, -0.1) is 0 Å². The number of carboxylic acid groups (broad SMARTS) is 1. The van der Waals surface area contributed by atoms with Gasteiger partial charge in [0.05, 0.1) is 6.04 Å². The van der Waals surface area contributed by atoms with Crippen LogP contribution in [-0.4, -0.2) is 53.6 Å². The number of hydrogen-bond acceptors (Lipinski definition) is 3. The predicted octanol–water partition coefficient (Wildman–Crippen LogP) is 0.992. The van der Waals surface area contributed by atoms with Crippen LogP contribution in [0.15, 0.2) is 30.3 Å². The second-order valence-electron chi connectivity index (χ2n) is 6.11. The number of carbonyl (C=O) groups excluding carboxylic acids is 2. The van der Waals surface area contributed by atoms with Crippen molar-refractivity contribution in [1.82, 2.24) is 15.5 Å². The highest BCUT2D eigenvalue weighted by atomic mass is 16.4. The number of urea groups is 1. The molecular weight excluding hydrogens is 310 g/mol. The maximum absolute atomic E-state index is 12.2. The van der Waals surface area contributed by atoms with Gasteiger partial charge in [0.15, 0.2) is 0 Å². The lowest BCUT2D eigenvalue weighted by atomic mass is 10.0. The van der Waals surface area contributed by atoms with Crippen LogP contribution in [0.4, 0.5) is 4.79 Å². The van der Waals surface area contributed by atoms with Crippen LogP contribution in [0.3, 0.4) is 0 Å². The molecule has 0 spiro atoms. The number of nitrogens with zero attached hydrogens (tertiary/aromatic N) is 1. The van der Waals surface area contributed by atoms with Gasteiger partial charge in [-0.05, 0) is 18.4 Å². The van der Waals surface area contributed by atoms with E-state index in [0.717, 1.165) is 5.56 Å². The van der Waals surface area contributed by atoms with Crippen LogP contribution in [0.2, 0.25) is 0 Å². The SMILES string of the molecule is CN1CC(NC(=O)NC(CCC(=O)O)Cc2ccccc2)CC1=O. The van der Waals surface area contributed by atoms with E-state index in [2.05, 4.69) is 10.6 Å². The molecule has 0 radical (unpaired) electrons. The van der Waals surface area contributed by atoms with Crippen molar-refractivity contribution < 1.29 is 19.5 Å². The normalized spacial score (nSPS) is 18.3. The van der Waals surface area contributed by atoms with Crippen molar-refractivity contribution in [2.24, 2.45) is 0 Å². The second kappa shape index (κ2) is 8.33. The Morgan fingerprint density at radius 3 is 2.62 bits per heavy atom. The Kier molecular flexibility index (Phi) is 6.17. The van der Waals surface area contributed by atoms with E-state index < -0.39 is 5.97 Å². The third-order valence-corrected chi connectivity index (χ3v) is 4.04. The highest BCUT2D eigenvalue weighted by Crippen LogP contribution is 2.10. The average Bonchev–Trinajstić information content (AvgIpc) is 2.83. The number of aliphatic carboxylic acids is 1. The van der Waals surface area contributed by atoms with E-state index in [9.17, 15) is 14.4 Å². The van der Waals surface area contributed by atoms with E-state index in [1.54, 1.807) is 11.9 Å². The van der Waals surface area contributed by atoms with Crippen LogP contribution >= 0.6 is 0 Å². The molecule has 1 heterocycles. The topological polar surface area (TPSA) is 98.7 Å². The first-order valence-corrected chi connectivity index (χ1v) is 8.00. The average molecular weight is 333 g/mol. The predicted molar refractivity (Wildman–Crippen MR) is 88.5 cm³/mol. The molecule has 1 aromatic carbocycles. The van der Waals surface area contributed by atoms with Crippen molar-refractivity contribution in [3.05, 3.63) is 35.9 Å². The Morgan fingerprint density at radius 2 is 2.04 bits per heavy atom. The van der Waals surface area contributed by atoms with E-state index in [1.807, 2.05) is 30.3 Å². The summed E-state index contributed by atoms with van der Waals surface area (Å²) in [6.07, 6.45) is 1.19. The van der Waals surface area contributed by atoms with Gasteiger partial charge in [-0.2, -0.15) is 0 Å². The monoisotopic (exact) mass is 333 g/mol. The Balaban J connectivity index is 1.90.